The third-order valence-corrected chi connectivity index (χ3v) is 1.55. The van der Waals surface area contributed by atoms with Gasteiger partial charge in [-0.3, -0.25) is 9.78 Å². The maximum Gasteiger partial charge on any atom is 0.250 e. The first kappa shape index (κ1) is 8.46. The van der Waals surface area contributed by atoms with E-state index in [4.69, 9.17) is 5.73 Å². The maximum atomic E-state index is 10.9. The molecular formula is C9H10N2O. The standard InChI is InChI=1S/C9H10N2O/c1-6(2)7-3-4-11-5-8(7)9(10)12/h3-5H,1H2,2H3,(H2,10,12). The summed E-state index contributed by atoms with van der Waals surface area (Å²) < 4.78 is 0. The lowest BCUT2D eigenvalue weighted by molar-refractivity contribution is 0.0999. The zero-order valence-electron chi connectivity index (χ0n) is 6.87. The topological polar surface area (TPSA) is 56.0 Å². The minimum Gasteiger partial charge on any atom is -0.366 e. The molecule has 0 aliphatic carbocycles. The van der Waals surface area contributed by atoms with Gasteiger partial charge in [0, 0.05) is 12.4 Å². The Bertz CT molecular complexity index is 298. The molecule has 1 heterocycles. The summed E-state index contributed by atoms with van der Waals surface area (Å²) >= 11 is 0. The number of nitrogens with zero attached hydrogens (tertiary/aromatic N) is 1. The molecule has 0 unspecified atom stereocenters. The SMILES string of the molecule is C=C(C)c1ccncc1C(N)=O. The molecule has 1 aromatic rings. The summed E-state index contributed by atoms with van der Waals surface area (Å²) in [5, 5.41) is 0. The molecular weight excluding hydrogens is 152 g/mol. The highest BCUT2D eigenvalue weighted by Gasteiger charge is 2.06. The van der Waals surface area contributed by atoms with Crippen LogP contribution in [0.2, 0.25) is 0 Å². The Morgan fingerprint density at radius 2 is 2.25 bits per heavy atom. The molecule has 3 nitrogen and oxygen atoms in total. The molecule has 1 aromatic heterocycles. The van der Waals surface area contributed by atoms with Crippen LogP contribution in [0.15, 0.2) is 25.0 Å². The lowest BCUT2D eigenvalue weighted by Crippen LogP contribution is -2.13. The van der Waals surface area contributed by atoms with E-state index in [9.17, 15) is 4.79 Å². The van der Waals surface area contributed by atoms with Crippen LogP contribution in [0.5, 0.6) is 0 Å². The summed E-state index contributed by atoms with van der Waals surface area (Å²) in [6.07, 6.45) is 3.06. The van der Waals surface area contributed by atoms with Crippen molar-refractivity contribution in [3.05, 3.63) is 36.2 Å². The highest BCUT2D eigenvalue weighted by atomic mass is 16.1. The van der Waals surface area contributed by atoms with Crippen molar-refractivity contribution in [2.24, 2.45) is 5.73 Å². The third kappa shape index (κ3) is 1.50. The minimum atomic E-state index is -0.471. The van der Waals surface area contributed by atoms with Gasteiger partial charge in [-0.2, -0.15) is 0 Å². The van der Waals surface area contributed by atoms with Gasteiger partial charge in [0.25, 0.3) is 5.91 Å². The molecule has 12 heavy (non-hydrogen) atoms. The molecule has 1 amide bonds. The number of hydrogen-bond acceptors (Lipinski definition) is 2. The molecule has 0 radical (unpaired) electrons. The van der Waals surface area contributed by atoms with Gasteiger partial charge in [0.2, 0.25) is 0 Å². The molecule has 62 valence electrons. The van der Waals surface area contributed by atoms with Crippen LogP contribution in [0.3, 0.4) is 0 Å². The number of hydrogen-bond donors (Lipinski definition) is 1. The van der Waals surface area contributed by atoms with Crippen LogP contribution in [0, 0.1) is 0 Å². The first-order chi connectivity index (χ1) is 5.63. The first-order valence-electron chi connectivity index (χ1n) is 3.52. The molecule has 0 bridgehead atoms. The summed E-state index contributed by atoms with van der Waals surface area (Å²) in [5.41, 5.74) is 7.13. The van der Waals surface area contributed by atoms with E-state index in [0.717, 1.165) is 11.1 Å². The summed E-state index contributed by atoms with van der Waals surface area (Å²) in [6, 6.07) is 1.72. The van der Waals surface area contributed by atoms with Gasteiger partial charge in [0.1, 0.15) is 0 Å². The zero-order valence-corrected chi connectivity index (χ0v) is 6.87. The molecule has 0 fully saturated rings. The molecule has 0 spiro atoms. The van der Waals surface area contributed by atoms with Crippen LogP contribution < -0.4 is 5.73 Å². The molecule has 0 atom stereocenters. The van der Waals surface area contributed by atoms with Gasteiger partial charge in [0.05, 0.1) is 5.56 Å². The molecule has 0 aliphatic rings. The largest absolute Gasteiger partial charge is 0.366 e. The average Bonchev–Trinajstić information content (AvgIpc) is 2.04. The van der Waals surface area contributed by atoms with Crippen LogP contribution in [0.1, 0.15) is 22.8 Å². The number of allylic oxidation sites excluding steroid dienone is 1. The van der Waals surface area contributed by atoms with Gasteiger partial charge in [0.15, 0.2) is 0 Å². The van der Waals surface area contributed by atoms with Crippen molar-refractivity contribution in [3.63, 3.8) is 0 Å². The molecule has 0 saturated heterocycles. The predicted octanol–water partition coefficient (Wildman–Crippen LogP) is 1.21. The summed E-state index contributed by atoms with van der Waals surface area (Å²) in [4.78, 5) is 14.7. The Balaban J connectivity index is 3.27. The number of carbonyl (C=O) groups is 1. The van der Waals surface area contributed by atoms with E-state index in [-0.39, 0.29) is 0 Å². The van der Waals surface area contributed by atoms with Gasteiger partial charge in [-0.05, 0) is 18.6 Å². The minimum absolute atomic E-state index is 0.421. The number of nitrogens with two attached hydrogens (primary N) is 1. The normalized spacial score (nSPS) is 9.42. The lowest BCUT2D eigenvalue weighted by Gasteiger charge is -2.03. The Hall–Kier alpha value is -1.64. The van der Waals surface area contributed by atoms with Crippen LogP contribution >= 0.6 is 0 Å². The molecule has 3 heteroatoms. The predicted molar refractivity (Wildman–Crippen MR) is 47.5 cm³/mol. The van der Waals surface area contributed by atoms with E-state index in [0.29, 0.717) is 5.56 Å². The first-order valence-corrected chi connectivity index (χ1v) is 3.52. The third-order valence-electron chi connectivity index (χ3n) is 1.55. The van der Waals surface area contributed by atoms with E-state index < -0.39 is 5.91 Å². The average molecular weight is 162 g/mol. The smallest absolute Gasteiger partial charge is 0.250 e. The van der Waals surface area contributed by atoms with Gasteiger partial charge in [-0.15, -0.1) is 0 Å². The fourth-order valence-corrected chi connectivity index (χ4v) is 0.963. The molecule has 0 saturated carbocycles. The van der Waals surface area contributed by atoms with Crippen LogP contribution in [0.4, 0.5) is 0 Å². The van der Waals surface area contributed by atoms with Crippen molar-refractivity contribution < 1.29 is 4.79 Å². The van der Waals surface area contributed by atoms with E-state index in [1.54, 1.807) is 12.3 Å². The van der Waals surface area contributed by atoms with Crippen LogP contribution in [0.25, 0.3) is 5.57 Å². The molecule has 2 N–H and O–H groups in total. The second-order valence-corrected chi connectivity index (χ2v) is 2.57. The summed E-state index contributed by atoms with van der Waals surface area (Å²) in [6.45, 7) is 5.55. The fraction of sp³-hybridized carbons (Fsp3) is 0.111. The van der Waals surface area contributed by atoms with Crippen molar-refractivity contribution in [1.82, 2.24) is 4.98 Å². The van der Waals surface area contributed by atoms with Gasteiger partial charge >= 0.3 is 0 Å². The zero-order chi connectivity index (χ0) is 9.14. The number of pyridine rings is 1. The highest BCUT2D eigenvalue weighted by molar-refractivity contribution is 5.97. The van der Waals surface area contributed by atoms with E-state index in [1.807, 2.05) is 6.92 Å². The van der Waals surface area contributed by atoms with Gasteiger partial charge in [-0.1, -0.05) is 12.2 Å². The van der Waals surface area contributed by atoms with Crippen molar-refractivity contribution >= 4 is 11.5 Å². The van der Waals surface area contributed by atoms with Crippen molar-refractivity contribution in [2.75, 3.05) is 0 Å². The molecule has 0 aliphatic heterocycles. The number of carbonyl (C=O) groups excluding carboxylic acids is 1. The van der Waals surface area contributed by atoms with E-state index in [2.05, 4.69) is 11.6 Å². The maximum absolute atomic E-state index is 10.9. The van der Waals surface area contributed by atoms with Gasteiger partial charge in [-0.25, -0.2) is 0 Å². The van der Waals surface area contributed by atoms with E-state index >= 15 is 0 Å². The van der Waals surface area contributed by atoms with Crippen LogP contribution in [-0.4, -0.2) is 10.9 Å². The monoisotopic (exact) mass is 162 g/mol. The quantitative estimate of drug-likeness (QED) is 0.710. The Kier molecular flexibility index (Phi) is 2.24. The second-order valence-electron chi connectivity index (χ2n) is 2.57. The second kappa shape index (κ2) is 3.17. The Labute approximate surface area is 70.9 Å². The number of primary amides is 1. The summed E-state index contributed by atoms with van der Waals surface area (Å²) in [5.74, 6) is -0.471. The number of aromatic nitrogens is 1. The van der Waals surface area contributed by atoms with Crippen molar-refractivity contribution in [3.8, 4) is 0 Å². The van der Waals surface area contributed by atoms with Crippen molar-refractivity contribution in [1.29, 1.82) is 0 Å². The number of amides is 1. The van der Waals surface area contributed by atoms with E-state index in [1.165, 1.54) is 6.20 Å². The number of rotatable bonds is 2. The lowest BCUT2D eigenvalue weighted by atomic mass is 10.0. The van der Waals surface area contributed by atoms with Crippen molar-refractivity contribution in [2.45, 2.75) is 6.92 Å². The molecule has 1 rings (SSSR count). The van der Waals surface area contributed by atoms with Crippen LogP contribution in [-0.2, 0) is 0 Å². The summed E-state index contributed by atoms with van der Waals surface area (Å²) in [7, 11) is 0. The molecule has 0 aromatic carbocycles. The Morgan fingerprint density at radius 1 is 1.58 bits per heavy atom. The fourth-order valence-electron chi connectivity index (χ4n) is 0.963. The highest BCUT2D eigenvalue weighted by Crippen LogP contribution is 2.14. The van der Waals surface area contributed by atoms with Gasteiger partial charge < -0.3 is 5.73 Å². The Morgan fingerprint density at radius 3 is 2.67 bits per heavy atom.